The largest absolute Gasteiger partial charge is 0.493 e. The van der Waals surface area contributed by atoms with E-state index in [-0.39, 0.29) is 6.10 Å². The van der Waals surface area contributed by atoms with Crippen molar-refractivity contribution >= 4 is 11.6 Å². The number of benzene rings is 3. The van der Waals surface area contributed by atoms with Crippen molar-refractivity contribution in [1.82, 2.24) is 9.55 Å². The van der Waals surface area contributed by atoms with Crippen LogP contribution < -0.4 is 9.47 Å². The van der Waals surface area contributed by atoms with Crippen molar-refractivity contribution < 1.29 is 14.2 Å². The number of halogens is 1. The molecule has 1 heterocycles. The summed E-state index contributed by atoms with van der Waals surface area (Å²) in [6.45, 7) is 0.330. The lowest BCUT2D eigenvalue weighted by molar-refractivity contribution is 0.0624. The summed E-state index contributed by atoms with van der Waals surface area (Å²) in [5.74, 6) is 1.29. The van der Waals surface area contributed by atoms with Gasteiger partial charge in [0.1, 0.15) is 6.10 Å². The summed E-state index contributed by atoms with van der Waals surface area (Å²) in [7, 11) is 5.15. The van der Waals surface area contributed by atoms with Crippen molar-refractivity contribution in [3.05, 3.63) is 101 Å². The maximum Gasteiger partial charge on any atom is 0.161 e. The first-order valence-electron chi connectivity index (χ1n) is 10.6. The van der Waals surface area contributed by atoms with E-state index in [9.17, 15) is 0 Å². The Morgan fingerprint density at radius 3 is 2.41 bits per heavy atom. The molecule has 172 valence electrons. The lowest BCUT2D eigenvalue weighted by Crippen LogP contribution is -2.11. The predicted molar refractivity (Wildman–Crippen MR) is 131 cm³/mol. The van der Waals surface area contributed by atoms with E-state index < -0.39 is 0 Å². The number of rotatable bonds is 8. The van der Waals surface area contributed by atoms with Gasteiger partial charge in [0.2, 0.25) is 0 Å². The number of aromatic nitrogens is 2. The van der Waals surface area contributed by atoms with Gasteiger partial charge in [-0.15, -0.1) is 0 Å². The smallest absolute Gasteiger partial charge is 0.161 e. The van der Waals surface area contributed by atoms with Gasteiger partial charge in [-0.25, -0.2) is 4.98 Å². The van der Waals surface area contributed by atoms with Gasteiger partial charge in [-0.2, -0.15) is 5.26 Å². The molecule has 34 heavy (non-hydrogen) atoms. The molecule has 1 atom stereocenters. The van der Waals surface area contributed by atoms with E-state index >= 15 is 0 Å². The molecule has 6 nitrogen and oxygen atoms in total. The fourth-order valence-electron chi connectivity index (χ4n) is 3.83. The van der Waals surface area contributed by atoms with Gasteiger partial charge in [-0.05, 0) is 58.7 Å². The highest BCUT2D eigenvalue weighted by Crippen LogP contribution is 2.36. The first kappa shape index (κ1) is 23.4. The van der Waals surface area contributed by atoms with Crippen molar-refractivity contribution in [2.24, 2.45) is 7.05 Å². The number of imidazole rings is 1. The minimum atomic E-state index is -0.367. The van der Waals surface area contributed by atoms with Gasteiger partial charge in [-0.3, -0.25) is 0 Å². The maximum absolute atomic E-state index is 9.16. The fraction of sp³-hybridized carbons (Fsp3) is 0.185. The zero-order valence-corrected chi connectivity index (χ0v) is 19.9. The highest BCUT2D eigenvalue weighted by atomic mass is 35.5. The normalized spacial score (nSPS) is 11.6. The van der Waals surface area contributed by atoms with E-state index in [0.29, 0.717) is 28.7 Å². The van der Waals surface area contributed by atoms with Gasteiger partial charge in [0.25, 0.3) is 0 Å². The quantitative estimate of drug-likeness (QED) is 0.317. The van der Waals surface area contributed by atoms with E-state index in [2.05, 4.69) is 11.1 Å². The van der Waals surface area contributed by atoms with E-state index in [4.69, 9.17) is 31.1 Å². The van der Waals surface area contributed by atoms with Crippen LogP contribution in [-0.2, 0) is 18.4 Å². The molecule has 0 saturated heterocycles. The average Bonchev–Trinajstić information content (AvgIpc) is 3.30. The zero-order valence-electron chi connectivity index (χ0n) is 19.2. The van der Waals surface area contributed by atoms with Crippen molar-refractivity contribution in [1.29, 1.82) is 5.26 Å². The van der Waals surface area contributed by atoms with E-state index in [1.165, 1.54) is 0 Å². The summed E-state index contributed by atoms with van der Waals surface area (Å²) in [6, 6.07) is 21.1. The molecule has 0 bridgehead atoms. The molecule has 0 N–H and O–H groups in total. The molecule has 0 aliphatic rings. The third-order valence-electron chi connectivity index (χ3n) is 5.64. The van der Waals surface area contributed by atoms with Crippen LogP contribution in [0.25, 0.3) is 11.1 Å². The molecular weight excluding hydrogens is 450 g/mol. The van der Waals surface area contributed by atoms with Crippen molar-refractivity contribution in [3.63, 3.8) is 0 Å². The van der Waals surface area contributed by atoms with Crippen molar-refractivity contribution in [2.45, 2.75) is 12.7 Å². The minimum Gasteiger partial charge on any atom is -0.493 e. The Hall–Kier alpha value is -3.79. The molecule has 1 aromatic heterocycles. The number of nitrogens with zero attached hydrogens (tertiary/aromatic N) is 3. The fourth-order valence-corrected chi connectivity index (χ4v) is 4.00. The van der Waals surface area contributed by atoms with Crippen LogP contribution in [0, 0.1) is 11.3 Å². The molecule has 0 aliphatic heterocycles. The SMILES string of the molecule is COc1ccc(-c2cc(Cl)ccc2COC(c2ccc(C#N)cc2)c2cncn2C)cc1OC. The highest BCUT2D eigenvalue weighted by molar-refractivity contribution is 6.30. The lowest BCUT2D eigenvalue weighted by atomic mass is 9.99. The zero-order chi connectivity index (χ0) is 24.1. The molecule has 0 aliphatic carbocycles. The Labute approximate surface area is 203 Å². The van der Waals surface area contributed by atoms with Crippen LogP contribution in [0.1, 0.15) is 28.5 Å². The lowest BCUT2D eigenvalue weighted by Gasteiger charge is -2.20. The number of ether oxygens (including phenoxy) is 3. The molecule has 4 rings (SSSR count). The Bertz CT molecular complexity index is 1330. The van der Waals surface area contributed by atoms with Crippen LogP contribution in [0.2, 0.25) is 5.02 Å². The van der Waals surface area contributed by atoms with E-state index in [1.54, 1.807) is 38.9 Å². The van der Waals surface area contributed by atoms with Crippen LogP contribution in [0.3, 0.4) is 0 Å². The summed E-state index contributed by atoms with van der Waals surface area (Å²) >= 11 is 6.35. The summed E-state index contributed by atoms with van der Waals surface area (Å²) in [6.07, 6.45) is 3.17. The van der Waals surface area contributed by atoms with Gasteiger partial charge in [0.15, 0.2) is 11.5 Å². The predicted octanol–water partition coefficient (Wildman–Crippen LogP) is 5.94. The summed E-state index contributed by atoms with van der Waals surface area (Å²) in [5.41, 5.74) is 5.29. The minimum absolute atomic E-state index is 0.330. The second-order valence-electron chi connectivity index (χ2n) is 7.73. The van der Waals surface area contributed by atoms with E-state index in [0.717, 1.165) is 27.9 Å². The topological polar surface area (TPSA) is 69.3 Å². The second kappa shape index (κ2) is 10.4. The Kier molecular flexibility index (Phi) is 7.17. The van der Waals surface area contributed by atoms with Gasteiger partial charge in [0, 0.05) is 12.1 Å². The van der Waals surface area contributed by atoms with Crippen LogP contribution >= 0.6 is 11.6 Å². The molecule has 7 heteroatoms. The standard InChI is InChI=1S/C27H24ClN3O3/c1-31-17-30-15-24(31)27(19-6-4-18(14-29)5-7-19)34-16-21-8-10-22(28)13-23(21)20-9-11-25(32-2)26(12-20)33-3/h4-13,15,17,27H,16H2,1-3H3. The molecule has 4 aromatic rings. The molecule has 3 aromatic carbocycles. The monoisotopic (exact) mass is 473 g/mol. The molecule has 0 radical (unpaired) electrons. The molecule has 0 amide bonds. The van der Waals surface area contributed by atoms with Gasteiger partial charge in [0.05, 0.1) is 50.7 Å². The number of aryl methyl sites for hydroxylation is 1. The molecule has 0 spiro atoms. The van der Waals surface area contributed by atoms with Crippen molar-refractivity contribution in [2.75, 3.05) is 14.2 Å². The van der Waals surface area contributed by atoms with Gasteiger partial charge in [-0.1, -0.05) is 35.9 Å². The van der Waals surface area contributed by atoms with E-state index in [1.807, 2.05) is 60.1 Å². The highest BCUT2D eigenvalue weighted by Gasteiger charge is 2.20. The number of hydrogen-bond donors (Lipinski definition) is 0. The van der Waals surface area contributed by atoms with Crippen LogP contribution in [-0.4, -0.2) is 23.8 Å². The number of nitriles is 1. The van der Waals surface area contributed by atoms with Gasteiger partial charge >= 0.3 is 0 Å². The van der Waals surface area contributed by atoms with Crippen LogP contribution in [0.4, 0.5) is 0 Å². The Morgan fingerprint density at radius 2 is 1.76 bits per heavy atom. The first-order chi connectivity index (χ1) is 16.5. The van der Waals surface area contributed by atoms with Crippen LogP contribution in [0.15, 0.2) is 73.2 Å². The van der Waals surface area contributed by atoms with Crippen molar-refractivity contribution in [3.8, 4) is 28.7 Å². The summed E-state index contributed by atoms with van der Waals surface area (Å²) < 4.78 is 19.3. The number of methoxy groups -OCH3 is 2. The molecular formula is C27H24ClN3O3. The Balaban J connectivity index is 1.69. The summed E-state index contributed by atoms with van der Waals surface area (Å²) in [4.78, 5) is 4.26. The summed E-state index contributed by atoms with van der Waals surface area (Å²) in [5, 5.41) is 9.78. The molecule has 0 saturated carbocycles. The third kappa shape index (κ3) is 4.91. The van der Waals surface area contributed by atoms with Crippen LogP contribution in [0.5, 0.6) is 11.5 Å². The average molecular weight is 474 g/mol. The third-order valence-corrected chi connectivity index (χ3v) is 5.87. The van der Waals surface area contributed by atoms with Gasteiger partial charge < -0.3 is 18.8 Å². The number of hydrogen-bond acceptors (Lipinski definition) is 5. The maximum atomic E-state index is 9.16. The Morgan fingerprint density at radius 1 is 1.00 bits per heavy atom. The second-order valence-corrected chi connectivity index (χ2v) is 8.16. The first-order valence-corrected chi connectivity index (χ1v) is 11.0. The molecule has 1 unspecified atom stereocenters. The molecule has 0 fully saturated rings.